The van der Waals surface area contributed by atoms with Crippen molar-refractivity contribution in [2.75, 3.05) is 5.32 Å². The van der Waals surface area contributed by atoms with Crippen molar-refractivity contribution in [3.63, 3.8) is 0 Å². The predicted molar refractivity (Wildman–Crippen MR) is 76.4 cm³/mol. The zero-order chi connectivity index (χ0) is 15.8. The molecule has 3 N–H and O–H groups in total. The van der Waals surface area contributed by atoms with Gasteiger partial charge in [0.05, 0.1) is 5.92 Å². The van der Waals surface area contributed by atoms with Crippen molar-refractivity contribution in [2.24, 2.45) is 5.92 Å². The Morgan fingerprint density at radius 2 is 2.00 bits per heavy atom. The molecular weight excluding hydrogens is 274 g/mol. The summed E-state index contributed by atoms with van der Waals surface area (Å²) in [6, 6.07) is 4.58. The fourth-order valence-corrected chi connectivity index (χ4v) is 2.16. The smallest absolute Gasteiger partial charge is 0.412 e. The summed E-state index contributed by atoms with van der Waals surface area (Å²) in [5.41, 5.74) is 0.401. The monoisotopic (exact) mass is 293 g/mol. The Bertz CT molecular complexity index is 576. The Kier molecular flexibility index (Phi) is 3.80. The molecule has 1 fully saturated rings. The molecule has 6 nitrogen and oxygen atoms in total. The highest BCUT2D eigenvalue weighted by Crippen LogP contribution is 2.50. The van der Waals surface area contributed by atoms with E-state index in [-0.39, 0.29) is 11.7 Å². The summed E-state index contributed by atoms with van der Waals surface area (Å²) in [4.78, 5) is 22.6. The van der Waals surface area contributed by atoms with E-state index in [4.69, 9.17) is 9.84 Å². The molecule has 1 saturated carbocycles. The number of phenols is 1. The number of aromatic hydroxyl groups is 1. The number of ether oxygens (including phenoxy) is 1. The molecule has 1 aromatic carbocycles. The molecule has 1 aromatic rings. The van der Waals surface area contributed by atoms with Gasteiger partial charge in [0.2, 0.25) is 0 Å². The molecule has 1 aliphatic carbocycles. The number of carbonyl (C=O) groups excluding carboxylic acids is 1. The number of anilines is 1. The molecule has 0 aromatic heterocycles. The van der Waals surface area contributed by atoms with Crippen LogP contribution < -0.4 is 5.32 Å². The van der Waals surface area contributed by atoms with Gasteiger partial charge in [-0.15, -0.1) is 0 Å². The minimum absolute atomic E-state index is 0.0403. The van der Waals surface area contributed by atoms with Crippen molar-refractivity contribution in [1.82, 2.24) is 0 Å². The van der Waals surface area contributed by atoms with E-state index in [9.17, 15) is 14.7 Å². The summed E-state index contributed by atoms with van der Waals surface area (Å²) in [7, 11) is 0. The van der Waals surface area contributed by atoms with Gasteiger partial charge in [-0.2, -0.15) is 0 Å². The van der Waals surface area contributed by atoms with Crippen LogP contribution in [0, 0.1) is 5.92 Å². The second-order valence-corrected chi connectivity index (χ2v) is 6.19. The summed E-state index contributed by atoms with van der Waals surface area (Å²) in [5.74, 6) is -1.50. The van der Waals surface area contributed by atoms with Crippen molar-refractivity contribution in [1.29, 1.82) is 0 Å². The number of nitrogens with one attached hydrogen (secondary N) is 1. The van der Waals surface area contributed by atoms with E-state index in [1.54, 1.807) is 32.9 Å². The van der Waals surface area contributed by atoms with E-state index in [1.165, 1.54) is 6.07 Å². The molecule has 1 amide bonds. The molecule has 2 unspecified atom stereocenters. The lowest BCUT2D eigenvalue weighted by atomic mass is 10.1. The quantitative estimate of drug-likeness (QED) is 0.745. The minimum atomic E-state index is -0.870. The van der Waals surface area contributed by atoms with Gasteiger partial charge in [-0.1, -0.05) is 0 Å². The van der Waals surface area contributed by atoms with Crippen molar-refractivity contribution >= 4 is 17.7 Å². The highest BCUT2D eigenvalue weighted by molar-refractivity contribution is 5.85. The summed E-state index contributed by atoms with van der Waals surface area (Å²) >= 11 is 0. The molecule has 0 spiro atoms. The lowest BCUT2D eigenvalue weighted by molar-refractivity contribution is -0.138. The molecular formula is C15H19NO5. The van der Waals surface area contributed by atoms with E-state index in [2.05, 4.69) is 5.32 Å². The molecule has 0 heterocycles. The van der Waals surface area contributed by atoms with E-state index >= 15 is 0 Å². The number of hydrogen-bond donors (Lipinski definition) is 3. The lowest BCUT2D eigenvalue weighted by Gasteiger charge is -2.20. The van der Waals surface area contributed by atoms with Gasteiger partial charge in [-0.05, 0) is 51.0 Å². The van der Waals surface area contributed by atoms with Gasteiger partial charge in [-0.3, -0.25) is 10.1 Å². The zero-order valence-electron chi connectivity index (χ0n) is 12.2. The topological polar surface area (TPSA) is 95.9 Å². The van der Waals surface area contributed by atoms with Crippen LogP contribution in [0.2, 0.25) is 0 Å². The molecule has 0 radical (unpaired) electrons. The number of aliphatic carboxylic acids is 1. The minimum Gasteiger partial charge on any atom is -0.508 e. The van der Waals surface area contributed by atoms with E-state index < -0.39 is 23.6 Å². The van der Waals surface area contributed by atoms with Gasteiger partial charge < -0.3 is 14.9 Å². The molecule has 0 bridgehead atoms. The maximum atomic E-state index is 11.7. The van der Waals surface area contributed by atoms with Gasteiger partial charge >= 0.3 is 12.1 Å². The number of benzene rings is 1. The largest absolute Gasteiger partial charge is 0.508 e. The lowest BCUT2D eigenvalue weighted by Crippen LogP contribution is -2.27. The average molecular weight is 293 g/mol. The number of carbonyl (C=O) groups is 2. The zero-order valence-corrected chi connectivity index (χ0v) is 12.2. The Hall–Kier alpha value is -2.24. The van der Waals surface area contributed by atoms with Gasteiger partial charge in [0, 0.05) is 11.6 Å². The van der Waals surface area contributed by atoms with E-state index in [1.807, 2.05) is 0 Å². The van der Waals surface area contributed by atoms with Crippen LogP contribution >= 0.6 is 0 Å². The number of carboxylic acids is 1. The Morgan fingerprint density at radius 1 is 1.33 bits per heavy atom. The third-order valence-corrected chi connectivity index (χ3v) is 3.18. The SMILES string of the molecule is CC(C)(C)OC(=O)Nc1ccc(O)c(C2CC2C(=O)O)c1. The van der Waals surface area contributed by atoms with Crippen molar-refractivity contribution in [2.45, 2.75) is 38.7 Å². The molecule has 2 atom stereocenters. The second-order valence-electron chi connectivity index (χ2n) is 6.19. The van der Waals surface area contributed by atoms with Crippen LogP contribution in [-0.2, 0) is 9.53 Å². The molecule has 6 heteroatoms. The Morgan fingerprint density at radius 3 is 2.52 bits per heavy atom. The molecule has 0 saturated heterocycles. The number of rotatable bonds is 3. The first-order valence-electron chi connectivity index (χ1n) is 6.73. The molecule has 0 aliphatic heterocycles. The van der Waals surface area contributed by atoms with Crippen LogP contribution in [0.15, 0.2) is 18.2 Å². The van der Waals surface area contributed by atoms with Gasteiger partial charge in [0.1, 0.15) is 11.4 Å². The predicted octanol–water partition coefficient (Wildman–Crippen LogP) is 2.93. The fraction of sp³-hybridized carbons (Fsp3) is 0.467. The number of amides is 1. The second kappa shape index (κ2) is 5.27. The first-order chi connectivity index (χ1) is 9.67. The summed E-state index contributed by atoms with van der Waals surface area (Å²) in [6.45, 7) is 5.28. The van der Waals surface area contributed by atoms with Gasteiger partial charge in [0.15, 0.2) is 0 Å². The summed E-state index contributed by atoms with van der Waals surface area (Å²) in [5, 5.41) is 21.3. The molecule has 114 valence electrons. The molecule has 21 heavy (non-hydrogen) atoms. The molecule has 2 rings (SSSR count). The Balaban J connectivity index is 2.09. The number of phenolic OH excluding ortho intramolecular Hbond substituents is 1. The molecule has 1 aliphatic rings. The van der Waals surface area contributed by atoms with E-state index in [0.29, 0.717) is 17.7 Å². The van der Waals surface area contributed by atoms with Crippen molar-refractivity contribution in [3.05, 3.63) is 23.8 Å². The Labute approximate surface area is 122 Å². The van der Waals surface area contributed by atoms with Crippen LogP contribution in [0.4, 0.5) is 10.5 Å². The first kappa shape index (κ1) is 15.2. The number of carboxylic acid groups (broad SMARTS) is 1. The summed E-state index contributed by atoms with van der Waals surface area (Å²) in [6.07, 6.45) is -0.0941. The van der Waals surface area contributed by atoms with Crippen molar-refractivity contribution in [3.8, 4) is 5.75 Å². The van der Waals surface area contributed by atoms with Crippen LogP contribution in [-0.4, -0.2) is 27.9 Å². The maximum Gasteiger partial charge on any atom is 0.412 e. The standard InChI is InChI=1S/C15H19NO5/c1-15(2,3)21-14(20)16-8-4-5-12(17)10(6-8)9-7-11(9)13(18)19/h4-6,9,11,17H,7H2,1-3H3,(H,16,20)(H,18,19). The maximum absolute atomic E-state index is 11.7. The number of hydrogen-bond acceptors (Lipinski definition) is 4. The van der Waals surface area contributed by atoms with Gasteiger partial charge in [-0.25, -0.2) is 4.79 Å². The highest BCUT2D eigenvalue weighted by atomic mass is 16.6. The fourth-order valence-electron chi connectivity index (χ4n) is 2.16. The van der Waals surface area contributed by atoms with Crippen LogP contribution in [0.1, 0.15) is 38.7 Å². The normalized spacial score (nSPS) is 20.7. The third kappa shape index (κ3) is 3.87. The highest BCUT2D eigenvalue weighted by Gasteiger charge is 2.45. The average Bonchev–Trinajstić information content (AvgIpc) is 3.09. The third-order valence-electron chi connectivity index (χ3n) is 3.18. The van der Waals surface area contributed by atoms with Crippen LogP contribution in [0.25, 0.3) is 0 Å². The van der Waals surface area contributed by atoms with Crippen LogP contribution in [0.3, 0.4) is 0 Å². The van der Waals surface area contributed by atoms with Crippen LogP contribution in [0.5, 0.6) is 5.75 Å². The first-order valence-corrected chi connectivity index (χ1v) is 6.73. The van der Waals surface area contributed by atoms with E-state index in [0.717, 1.165) is 0 Å². The van der Waals surface area contributed by atoms with Gasteiger partial charge in [0.25, 0.3) is 0 Å². The van der Waals surface area contributed by atoms with Crippen molar-refractivity contribution < 1.29 is 24.5 Å². The summed E-state index contributed by atoms with van der Waals surface area (Å²) < 4.78 is 5.14.